The summed E-state index contributed by atoms with van der Waals surface area (Å²) in [5, 5.41) is 32.8. The van der Waals surface area contributed by atoms with Crippen molar-refractivity contribution in [1.82, 2.24) is 0 Å². The molecule has 0 atom stereocenters. The molecule has 0 fully saturated rings. The highest BCUT2D eigenvalue weighted by Crippen LogP contribution is 2.41. The highest BCUT2D eigenvalue weighted by atomic mass is 19.1. The number of carbonyl (C=O) groups is 2. The third kappa shape index (κ3) is 7.78. The van der Waals surface area contributed by atoms with Crippen molar-refractivity contribution >= 4 is 46.0 Å². The molecule has 1 amide bonds. The monoisotopic (exact) mass is 568 g/mol. The average molecular weight is 569 g/mol. The van der Waals surface area contributed by atoms with Crippen molar-refractivity contribution < 1.29 is 33.3 Å². The van der Waals surface area contributed by atoms with Crippen LogP contribution in [0.4, 0.5) is 38.5 Å². The molecule has 3 rings (SSSR count). The number of methoxy groups -OCH3 is 1. The molecule has 3 aromatic rings. The molecule has 0 saturated carbocycles. The van der Waals surface area contributed by atoms with Crippen LogP contribution in [-0.4, -0.2) is 42.0 Å². The maximum atomic E-state index is 14.2. The smallest absolute Gasteiger partial charge is 0.325 e. The molecule has 0 unspecified atom stereocenters. The Morgan fingerprint density at radius 1 is 1.00 bits per heavy atom. The molecule has 0 saturated heterocycles. The van der Waals surface area contributed by atoms with Gasteiger partial charge in [-0.1, -0.05) is 30.3 Å². The van der Waals surface area contributed by atoms with Crippen molar-refractivity contribution in [2.24, 2.45) is 10.2 Å². The van der Waals surface area contributed by atoms with Gasteiger partial charge in [-0.05, 0) is 18.6 Å². The van der Waals surface area contributed by atoms with Crippen molar-refractivity contribution in [2.45, 2.75) is 20.4 Å². The topological polar surface area (TPSA) is 179 Å². The summed E-state index contributed by atoms with van der Waals surface area (Å²) < 4.78 is 24.9. The standard InChI is InChI=1S/C26H25FN6O8/c1-4-41-26(35)15-31(14-17-8-6-5-7-9-17)24-11-19(28-16(2)34)20(12-25(24)40-3)29-30-21-10-18(27)22(32(36)37)13-23(21)33(38)39/h5-13H,4,14-15H2,1-3H3,(H,28,34). The van der Waals surface area contributed by atoms with E-state index in [2.05, 4.69) is 15.5 Å². The van der Waals surface area contributed by atoms with E-state index in [-0.39, 0.29) is 36.8 Å². The van der Waals surface area contributed by atoms with Crippen LogP contribution < -0.4 is 15.0 Å². The highest BCUT2D eigenvalue weighted by molar-refractivity contribution is 5.94. The minimum Gasteiger partial charge on any atom is -0.494 e. The van der Waals surface area contributed by atoms with E-state index in [1.54, 1.807) is 11.8 Å². The number of nitro benzene ring substituents is 2. The first kappa shape index (κ1) is 30.1. The van der Waals surface area contributed by atoms with Crippen LogP contribution in [0.2, 0.25) is 0 Å². The van der Waals surface area contributed by atoms with E-state index in [4.69, 9.17) is 9.47 Å². The Morgan fingerprint density at radius 3 is 2.24 bits per heavy atom. The summed E-state index contributed by atoms with van der Waals surface area (Å²) in [5.74, 6) is -2.16. The van der Waals surface area contributed by atoms with Crippen LogP contribution in [0, 0.1) is 26.0 Å². The average Bonchev–Trinajstić information content (AvgIpc) is 2.91. The summed E-state index contributed by atoms with van der Waals surface area (Å²) in [6.07, 6.45) is 0. The van der Waals surface area contributed by atoms with E-state index in [9.17, 15) is 34.2 Å². The van der Waals surface area contributed by atoms with E-state index in [0.717, 1.165) is 5.56 Å². The quantitative estimate of drug-likeness (QED) is 0.126. The van der Waals surface area contributed by atoms with Gasteiger partial charge in [0.15, 0.2) is 5.69 Å². The fraction of sp³-hybridized carbons (Fsp3) is 0.231. The number of amides is 1. The molecule has 0 radical (unpaired) electrons. The maximum absolute atomic E-state index is 14.2. The van der Waals surface area contributed by atoms with Gasteiger partial charge in [0.1, 0.15) is 18.0 Å². The van der Waals surface area contributed by atoms with Gasteiger partial charge >= 0.3 is 17.3 Å². The van der Waals surface area contributed by atoms with Gasteiger partial charge in [0.25, 0.3) is 0 Å². The lowest BCUT2D eigenvalue weighted by atomic mass is 10.1. The third-order valence-electron chi connectivity index (χ3n) is 5.49. The van der Waals surface area contributed by atoms with E-state index >= 15 is 0 Å². The molecule has 14 nitrogen and oxygen atoms in total. The molecular weight excluding hydrogens is 543 g/mol. The summed E-state index contributed by atoms with van der Waals surface area (Å²) in [6.45, 7) is 3.16. The zero-order valence-corrected chi connectivity index (χ0v) is 22.2. The second kappa shape index (κ2) is 13.5. The van der Waals surface area contributed by atoms with Crippen LogP contribution in [0.1, 0.15) is 19.4 Å². The Labute approximate surface area is 232 Å². The van der Waals surface area contributed by atoms with E-state index in [0.29, 0.717) is 17.8 Å². The number of halogens is 1. The number of nitro groups is 2. The van der Waals surface area contributed by atoms with Crippen LogP contribution in [0.15, 0.2) is 64.8 Å². The molecule has 3 aromatic carbocycles. The Balaban J connectivity index is 2.14. The normalized spacial score (nSPS) is 10.7. The van der Waals surface area contributed by atoms with E-state index in [1.807, 2.05) is 30.3 Å². The first-order valence-corrected chi connectivity index (χ1v) is 12.0. The molecule has 0 heterocycles. The molecule has 15 heteroatoms. The predicted molar refractivity (Wildman–Crippen MR) is 145 cm³/mol. The summed E-state index contributed by atoms with van der Waals surface area (Å²) in [6, 6.07) is 13.0. The molecule has 1 N–H and O–H groups in total. The number of hydrogen-bond acceptors (Lipinski definition) is 11. The van der Waals surface area contributed by atoms with Gasteiger partial charge in [-0.2, -0.15) is 4.39 Å². The SMILES string of the molecule is CCOC(=O)CN(Cc1ccccc1)c1cc(NC(C)=O)c(N=Nc2cc(F)c([N+](=O)[O-])cc2[N+](=O)[O-])cc1OC. The molecule has 0 aliphatic heterocycles. The van der Waals surface area contributed by atoms with E-state index < -0.39 is 44.6 Å². The number of rotatable bonds is 12. The molecule has 0 aromatic heterocycles. The van der Waals surface area contributed by atoms with Crippen molar-refractivity contribution in [3.8, 4) is 5.75 Å². The lowest BCUT2D eigenvalue weighted by Crippen LogP contribution is -2.31. The zero-order chi connectivity index (χ0) is 30.1. The Morgan fingerprint density at radius 2 is 1.66 bits per heavy atom. The van der Waals surface area contributed by atoms with E-state index in [1.165, 1.54) is 26.2 Å². The first-order valence-electron chi connectivity index (χ1n) is 12.0. The summed E-state index contributed by atoms with van der Waals surface area (Å²) in [7, 11) is 1.36. The summed E-state index contributed by atoms with van der Waals surface area (Å²) in [5.41, 5.74) is -1.26. The number of anilines is 2. The van der Waals surface area contributed by atoms with Gasteiger partial charge in [0.2, 0.25) is 11.7 Å². The second-order valence-electron chi connectivity index (χ2n) is 8.38. The predicted octanol–water partition coefficient (Wildman–Crippen LogP) is 5.59. The number of carbonyl (C=O) groups excluding carboxylic acids is 2. The Hall–Kier alpha value is -5.47. The fourth-order valence-corrected chi connectivity index (χ4v) is 3.75. The van der Waals surface area contributed by atoms with Crippen molar-refractivity contribution in [1.29, 1.82) is 0 Å². The van der Waals surface area contributed by atoms with Crippen molar-refractivity contribution in [3.63, 3.8) is 0 Å². The highest BCUT2D eigenvalue weighted by Gasteiger charge is 2.25. The van der Waals surface area contributed by atoms with Gasteiger partial charge < -0.3 is 19.7 Å². The number of ether oxygens (including phenoxy) is 2. The summed E-state index contributed by atoms with van der Waals surface area (Å²) in [4.78, 5) is 46.6. The first-order chi connectivity index (χ1) is 19.5. The molecule has 0 aliphatic rings. The van der Waals surface area contributed by atoms with Crippen LogP contribution in [-0.2, 0) is 20.9 Å². The summed E-state index contributed by atoms with van der Waals surface area (Å²) >= 11 is 0. The van der Waals surface area contributed by atoms with Crippen LogP contribution in [0.5, 0.6) is 5.75 Å². The number of hydrogen-bond donors (Lipinski definition) is 1. The zero-order valence-electron chi connectivity index (χ0n) is 22.2. The fourth-order valence-electron chi connectivity index (χ4n) is 3.75. The number of nitrogens with one attached hydrogen (secondary N) is 1. The van der Waals surface area contributed by atoms with Gasteiger partial charge in [-0.3, -0.25) is 29.8 Å². The minimum absolute atomic E-state index is 0.0374. The minimum atomic E-state index is -1.35. The molecule has 0 spiro atoms. The second-order valence-corrected chi connectivity index (χ2v) is 8.38. The van der Waals surface area contributed by atoms with Crippen molar-refractivity contribution in [3.05, 3.63) is 86.2 Å². The lowest BCUT2D eigenvalue weighted by Gasteiger charge is -2.27. The Bertz CT molecular complexity index is 1500. The maximum Gasteiger partial charge on any atom is 0.325 e. The molecular formula is C26H25FN6O8. The van der Waals surface area contributed by atoms with Gasteiger partial charge in [-0.25, -0.2) is 0 Å². The van der Waals surface area contributed by atoms with Gasteiger partial charge in [0, 0.05) is 25.6 Å². The van der Waals surface area contributed by atoms with Gasteiger partial charge in [-0.15, -0.1) is 10.2 Å². The van der Waals surface area contributed by atoms with Crippen LogP contribution >= 0.6 is 0 Å². The number of esters is 1. The van der Waals surface area contributed by atoms with Gasteiger partial charge in [0.05, 0.1) is 41.0 Å². The number of azo groups is 1. The molecule has 214 valence electrons. The molecule has 41 heavy (non-hydrogen) atoms. The third-order valence-corrected chi connectivity index (χ3v) is 5.49. The Kier molecular flexibility index (Phi) is 9.94. The lowest BCUT2D eigenvalue weighted by molar-refractivity contribution is -0.395. The van der Waals surface area contributed by atoms with Crippen molar-refractivity contribution in [2.75, 3.05) is 30.5 Å². The molecule has 0 bridgehead atoms. The number of benzene rings is 3. The number of nitrogens with zero attached hydrogens (tertiary/aromatic N) is 5. The van der Waals surface area contributed by atoms with Crippen LogP contribution in [0.3, 0.4) is 0 Å². The largest absolute Gasteiger partial charge is 0.494 e. The van der Waals surface area contributed by atoms with Crippen LogP contribution in [0.25, 0.3) is 0 Å². The molecule has 0 aliphatic carbocycles.